The number of carboxylic acid groups (broad SMARTS) is 1. The van der Waals surface area contributed by atoms with Gasteiger partial charge >= 0.3 is 5.97 Å². The third-order valence-electron chi connectivity index (χ3n) is 4.46. The Morgan fingerprint density at radius 3 is 2.59 bits per heavy atom. The molecule has 122 valence electrons. The zero-order valence-corrected chi connectivity index (χ0v) is 13.6. The first-order chi connectivity index (χ1) is 10.5. The van der Waals surface area contributed by atoms with E-state index in [1.165, 1.54) is 4.90 Å². The molecule has 1 unspecified atom stereocenters. The van der Waals surface area contributed by atoms with E-state index >= 15 is 0 Å². The van der Waals surface area contributed by atoms with Crippen LogP contribution in [0.2, 0.25) is 0 Å². The number of hydrogen-bond donors (Lipinski definition) is 1. The van der Waals surface area contributed by atoms with E-state index in [1.54, 1.807) is 0 Å². The summed E-state index contributed by atoms with van der Waals surface area (Å²) in [4.78, 5) is 25.6. The maximum Gasteiger partial charge on any atom is 0.326 e. The molecule has 1 N–H and O–H groups in total. The molecule has 2 rings (SSSR count). The van der Waals surface area contributed by atoms with Gasteiger partial charge in [-0.1, -0.05) is 13.8 Å². The molecule has 0 spiro atoms. The Hall–Kier alpha value is -1.85. The third-order valence-corrected chi connectivity index (χ3v) is 4.46. The van der Waals surface area contributed by atoms with Gasteiger partial charge in [-0.3, -0.25) is 9.48 Å². The van der Waals surface area contributed by atoms with Crippen LogP contribution in [-0.4, -0.2) is 44.3 Å². The first-order valence-electron chi connectivity index (χ1n) is 8.05. The van der Waals surface area contributed by atoms with Crippen LogP contribution in [0.1, 0.15) is 50.1 Å². The highest BCUT2D eigenvalue weighted by atomic mass is 16.4. The Morgan fingerprint density at radius 1 is 1.27 bits per heavy atom. The van der Waals surface area contributed by atoms with Crippen molar-refractivity contribution in [3.8, 4) is 0 Å². The molecule has 1 amide bonds. The van der Waals surface area contributed by atoms with Gasteiger partial charge < -0.3 is 10.0 Å². The number of aliphatic carboxylic acids is 1. The maximum atomic E-state index is 12.7. The number of piperidine rings is 1. The molecule has 1 aliphatic heterocycles. The van der Waals surface area contributed by atoms with Gasteiger partial charge in [-0.25, -0.2) is 4.79 Å². The summed E-state index contributed by atoms with van der Waals surface area (Å²) in [6.45, 7) is 4.61. The molecule has 2 heterocycles. The van der Waals surface area contributed by atoms with Gasteiger partial charge in [0.15, 0.2) is 0 Å². The number of rotatable bonds is 5. The van der Waals surface area contributed by atoms with Crippen molar-refractivity contribution >= 4 is 11.9 Å². The normalized spacial score (nSPS) is 18.5. The topological polar surface area (TPSA) is 75.4 Å². The fraction of sp³-hybridized carbons (Fsp3) is 0.688. The van der Waals surface area contributed by atoms with E-state index in [0.29, 0.717) is 13.0 Å². The van der Waals surface area contributed by atoms with Crippen molar-refractivity contribution in [2.75, 3.05) is 6.54 Å². The van der Waals surface area contributed by atoms with E-state index in [2.05, 4.69) is 5.10 Å². The molecular formula is C16H25N3O3. The number of hydrogen-bond acceptors (Lipinski definition) is 3. The Morgan fingerprint density at radius 2 is 2.00 bits per heavy atom. The number of carboxylic acids is 1. The van der Waals surface area contributed by atoms with Gasteiger partial charge in [-0.05, 0) is 32.1 Å². The van der Waals surface area contributed by atoms with Gasteiger partial charge in [0, 0.05) is 24.8 Å². The van der Waals surface area contributed by atoms with Gasteiger partial charge in [-0.15, -0.1) is 0 Å². The summed E-state index contributed by atoms with van der Waals surface area (Å²) in [5.74, 6) is -0.991. The lowest BCUT2D eigenvalue weighted by atomic mass is 9.99. The molecule has 6 heteroatoms. The summed E-state index contributed by atoms with van der Waals surface area (Å²) < 4.78 is 1.84. The Labute approximate surface area is 131 Å². The van der Waals surface area contributed by atoms with Crippen LogP contribution >= 0.6 is 0 Å². The minimum Gasteiger partial charge on any atom is -0.480 e. The predicted octanol–water partition coefficient (Wildman–Crippen LogP) is 1.55. The summed E-state index contributed by atoms with van der Waals surface area (Å²) in [7, 11) is 1.90. The molecule has 0 radical (unpaired) electrons. The van der Waals surface area contributed by atoms with Gasteiger partial charge in [0.05, 0.1) is 12.1 Å². The van der Waals surface area contributed by atoms with Crippen LogP contribution in [0, 0.1) is 0 Å². The minimum absolute atomic E-state index is 0.0931. The lowest BCUT2D eigenvalue weighted by Crippen LogP contribution is -2.48. The summed E-state index contributed by atoms with van der Waals surface area (Å²) in [5, 5.41) is 13.8. The van der Waals surface area contributed by atoms with E-state index in [0.717, 1.165) is 42.6 Å². The number of amides is 1. The van der Waals surface area contributed by atoms with Crippen LogP contribution in [0.4, 0.5) is 0 Å². The molecular weight excluding hydrogens is 282 g/mol. The molecule has 22 heavy (non-hydrogen) atoms. The molecule has 0 bridgehead atoms. The number of carbonyl (C=O) groups excluding carboxylic acids is 1. The summed E-state index contributed by atoms with van der Waals surface area (Å²) >= 11 is 0. The standard InChI is InChI=1S/C16H25N3O3/c1-4-12-11(13(5-2)18(3)17-12)10-15(20)19-9-7-6-8-14(19)16(21)22/h14H,4-10H2,1-3H3,(H,21,22). The molecule has 1 aliphatic rings. The highest BCUT2D eigenvalue weighted by molar-refractivity contribution is 5.85. The van der Waals surface area contributed by atoms with Gasteiger partial charge in [0.2, 0.25) is 5.91 Å². The zero-order chi connectivity index (χ0) is 16.3. The molecule has 0 aromatic carbocycles. The first-order valence-corrected chi connectivity index (χ1v) is 8.05. The molecule has 1 aromatic rings. The Balaban J connectivity index is 2.22. The quantitative estimate of drug-likeness (QED) is 0.895. The maximum absolute atomic E-state index is 12.7. The molecule has 0 saturated carbocycles. The van der Waals surface area contributed by atoms with Gasteiger partial charge in [0.1, 0.15) is 6.04 Å². The second kappa shape index (κ2) is 6.94. The van der Waals surface area contributed by atoms with Crippen molar-refractivity contribution in [1.82, 2.24) is 14.7 Å². The SMILES string of the molecule is CCc1nn(C)c(CC)c1CC(=O)N1CCCCC1C(=O)O. The van der Waals surface area contributed by atoms with Crippen LogP contribution in [0.15, 0.2) is 0 Å². The average Bonchev–Trinajstić information content (AvgIpc) is 2.82. The molecule has 1 fully saturated rings. The molecule has 1 saturated heterocycles. The minimum atomic E-state index is -0.898. The van der Waals surface area contributed by atoms with Crippen molar-refractivity contribution in [3.63, 3.8) is 0 Å². The Bertz CT molecular complexity index is 565. The second-order valence-corrected chi connectivity index (χ2v) is 5.82. The van der Waals surface area contributed by atoms with Crippen molar-refractivity contribution < 1.29 is 14.7 Å². The fourth-order valence-corrected chi connectivity index (χ4v) is 3.33. The summed E-state index contributed by atoms with van der Waals surface area (Å²) in [5.41, 5.74) is 2.98. The number of likely N-dealkylation sites (tertiary alicyclic amines) is 1. The number of nitrogens with zero attached hydrogens (tertiary/aromatic N) is 3. The zero-order valence-electron chi connectivity index (χ0n) is 13.6. The van der Waals surface area contributed by atoms with Crippen molar-refractivity contribution in [2.45, 2.75) is 58.4 Å². The Kier molecular flexibility index (Phi) is 5.21. The highest BCUT2D eigenvalue weighted by Gasteiger charge is 2.32. The fourth-order valence-electron chi connectivity index (χ4n) is 3.33. The smallest absolute Gasteiger partial charge is 0.326 e. The van der Waals surface area contributed by atoms with E-state index in [9.17, 15) is 14.7 Å². The monoisotopic (exact) mass is 307 g/mol. The number of carbonyl (C=O) groups is 2. The van der Waals surface area contributed by atoms with Crippen molar-refractivity contribution in [2.24, 2.45) is 7.05 Å². The van der Waals surface area contributed by atoms with Crippen LogP contribution in [0.25, 0.3) is 0 Å². The van der Waals surface area contributed by atoms with E-state index < -0.39 is 12.0 Å². The lowest BCUT2D eigenvalue weighted by Gasteiger charge is -2.33. The first kappa shape index (κ1) is 16.5. The number of aryl methyl sites for hydroxylation is 2. The van der Waals surface area contributed by atoms with Crippen LogP contribution in [0.3, 0.4) is 0 Å². The van der Waals surface area contributed by atoms with E-state index in [1.807, 2.05) is 25.6 Å². The molecule has 1 atom stereocenters. The van der Waals surface area contributed by atoms with Crippen molar-refractivity contribution in [1.29, 1.82) is 0 Å². The average molecular weight is 307 g/mol. The second-order valence-electron chi connectivity index (χ2n) is 5.82. The molecule has 6 nitrogen and oxygen atoms in total. The molecule has 1 aromatic heterocycles. The van der Waals surface area contributed by atoms with Crippen LogP contribution in [-0.2, 0) is 35.9 Å². The summed E-state index contributed by atoms with van der Waals surface area (Å²) in [6.07, 6.45) is 4.14. The van der Waals surface area contributed by atoms with Gasteiger partial charge in [0.25, 0.3) is 0 Å². The van der Waals surface area contributed by atoms with Crippen LogP contribution in [0.5, 0.6) is 0 Å². The number of aromatic nitrogens is 2. The van der Waals surface area contributed by atoms with E-state index in [-0.39, 0.29) is 12.3 Å². The summed E-state index contributed by atoms with van der Waals surface area (Å²) in [6, 6.07) is -0.673. The van der Waals surface area contributed by atoms with Crippen molar-refractivity contribution in [3.05, 3.63) is 17.0 Å². The predicted molar refractivity (Wildman–Crippen MR) is 82.7 cm³/mol. The highest BCUT2D eigenvalue weighted by Crippen LogP contribution is 2.21. The van der Waals surface area contributed by atoms with Gasteiger partial charge in [-0.2, -0.15) is 5.10 Å². The third kappa shape index (κ3) is 3.15. The molecule has 0 aliphatic carbocycles. The van der Waals surface area contributed by atoms with Crippen LogP contribution < -0.4 is 0 Å². The largest absolute Gasteiger partial charge is 0.480 e. The lowest BCUT2D eigenvalue weighted by molar-refractivity contribution is -0.151. The van der Waals surface area contributed by atoms with E-state index in [4.69, 9.17) is 0 Å².